The molecule has 0 N–H and O–H groups in total. The SMILES string of the molecule is Clc1cccc(-c2cnc3c(n2)oc2ccc4ccccc4c23)c1.c1cc(-c2cnc3c(n2)oc2ccc4ccccc4c23)cc(-n2c3ccccc3c3c4sc5ccccc5c4ccc32)c1.c1ccc2c(c1)Cc1ccc3c(sc4ccccc43)c1-2. The van der Waals surface area contributed by atoms with Crippen LogP contribution in [0.1, 0.15) is 11.1 Å². The summed E-state index contributed by atoms with van der Waals surface area (Å²) in [6.45, 7) is 0. The highest BCUT2D eigenvalue weighted by Gasteiger charge is 2.23. The zero-order chi connectivity index (χ0) is 57.3. The van der Waals surface area contributed by atoms with Crippen molar-refractivity contribution < 1.29 is 8.83 Å². The molecule has 7 heterocycles. The van der Waals surface area contributed by atoms with Gasteiger partial charge in [-0.3, -0.25) is 0 Å². The van der Waals surface area contributed by atoms with Gasteiger partial charge in [-0.15, -0.1) is 22.7 Å². The lowest BCUT2D eigenvalue weighted by Gasteiger charge is -2.10. The van der Waals surface area contributed by atoms with Crippen molar-refractivity contribution >= 4 is 162 Å². The fourth-order valence-corrected chi connectivity index (χ4v) is 16.0. The van der Waals surface area contributed by atoms with Gasteiger partial charge in [-0.1, -0.05) is 194 Å². The van der Waals surface area contributed by atoms with Crippen molar-refractivity contribution in [3.8, 4) is 39.3 Å². The number of halogens is 1. The molecular formula is C77H44ClN5O2S2. The van der Waals surface area contributed by atoms with Crippen molar-refractivity contribution in [3.05, 3.63) is 271 Å². The van der Waals surface area contributed by atoms with E-state index in [2.05, 4.69) is 203 Å². The van der Waals surface area contributed by atoms with Crippen LogP contribution in [0.5, 0.6) is 0 Å². The third kappa shape index (κ3) is 8.01. The third-order valence-electron chi connectivity index (χ3n) is 17.2. The van der Waals surface area contributed by atoms with Gasteiger partial charge in [0.1, 0.15) is 22.2 Å². The first kappa shape index (κ1) is 49.8. The van der Waals surface area contributed by atoms with Crippen LogP contribution in [0.15, 0.2) is 264 Å². The van der Waals surface area contributed by atoms with Crippen molar-refractivity contribution in [3.63, 3.8) is 0 Å². The predicted molar refractivity (Wildman–Crippen MR) is 364 cm³/mol. The summed E-state index contributed by atoms with van der Waals surface area (Å²) in [5.41, 5.74) is 17.0. The fourth-order valence-electron chi connectivity index (χ4n) is 13.2. The molecule has 0 atom stereocenters. The second kappa shape index (κ2) is 19.8. The molecule has 0 amide bonds. The quantitative estimate of drug-likeness (QED) is 0.175. The summed E-state index contributed by atoms with van der Waals surface area (Å²) < 4.78 is 20.0. The molecule has 0 radical (unpaired) electrons. The molecule has 408 valence electrons. The molecule has 0 saturated carbocycles. The Balaban J connectivity index is 0.000000109. The van der Waals surface area contributed by atoms with E-state index in [4.69, 9.17) is 30.4 Å². The second-order valence-electron chi connectivity index (χ2n) is 22.1. The van der Waals surface area contributed by atoms with Gasteiger partial charge in [0.25, 0.3) is 0 Å². The minimum Gasteiger partial charge on any atom is -0.436 e. The molecule has 10 heteroatoms. The summed E-state index contributed by atoms with van der Waals surface area (Å²) >= 11 is 9.88. The van der Waals surface area contributed by atoms with E-state index < -0.39 is 0 Å². The molecule has 0 spiro atoms. The number of furan rings is 2. The number of rotatable bonds is 3. The maximum atomic E-state index is 6.23. The van der Waals surface area contributed by atoms with Crippen LogP contribution in [0, 0.1) is 0 Å². The molecule has 7 aromatic heterocycles. The predicted octanol–water partition coefficient (Wildman–Crippen LogP) is 22.1. The van der Waals surface area contributed by atoms with Gasteiger partial charge in [0, 0.05) is 78.5 Å². The Hall–Kier alpha value is -10.6. The van der Waals surface area contributed by atoms with Crippen LogP contribution in [-0.4, -0.2) is 24.5 Å². The lowest BCUT2D eigenvalue weighted by molar-refractivity contribution is 0.653. The first-order valence-electron chi connectivity index (χ1n) is 28.9. The molecule has 12 aromatic carbocycles. The first-order valence-corrected chi connectivity index (χ1v) is 30.9. The Labute approximate surface area is 509 Å². The minimum atomic E-state index is 0.541. The highest BCUT2D eigenvalue weighted by Crippen LogP contribution is 2.48. The van der Waals surface area contributed by atoms with E-state index in [9.17, 15) is 0 Å². The monoisotopic (exact) mass is 1170 g/mol. The maximum absolute atomic E-state index is 6.23. The van der Waals surface area contributed by atoms with Gasteiger partial charge < -0.3 is 13.4 Å². The van der Waals surface area contributed by atoms with Crippen molar-refractivity contribution in [1.82, 2.24) is 24.5 Å². The van der Waals surface area contributed by atoms with Crippen molar-refractivity contribution in [2.75, 3.05) is 0 Å². The minimum absolute atomic E-state index is 0.541. The topological polar surface area (TPSA) is 82.8 Å². The molecule has 0 bridgehead atoms. The summed E-state index contributed by atoms with van der Waals surface area (Å²) in [7, 11) is 0. The Bertz CT molecular complexity index is 6050. The van der Waals surface area contributed by atoms with E-state index in [0.717, 1.165) is 89.1 Å². The van der Waals surface area contributed by atoms with Crippen LogP contribution in [0.25, 0.3) is 167 Å². The van der Waals surface area contributed by atoms with Crippen LogP contribution >= 0.6 is 34.3 Å². The Morgan fingerprint density at radius 2 is 0.954 bits per heavy atom. The number of para-hydroxylation sites is 1. The molecule has 1 aliphatic carbocycles. The second-order valence-corrected chi connectivity index (χ2v) is 24.6. The molecule has 87 heavy (non-hydrogen) atoms. The highest BCUT2D eigenvalue weighted by atomic mass is 35.5. The number of thiophene rings is 2. The molecular weight excluding hydrogens is 1130 g/mol. The summed E-state index contributed by atoms with van der Waals surface area (Å²) in [5, 5.41) is 15.2. The van der Waals surface area contributed by atoms with Gasteiger partial charge >= 0.3 is 0 Å². The van der Waals surface area contributed by atoms with Crippen LogP contribution in [-0.2, 0) is 6.42 Å². The van der Waals surface area contributed by atoms with Crippen molar-refractivity contribution in [1.29, 1.82) is 0 Å². The van der Waals surface area contributed by atoms with E-state index in [-0.39, 0.29) is 0 Å². The summed E-state index contributed by atoms with van der Waals surface area (Å²) in [6.07, 6.45) is 4.71. The van der Waals surface area contributed by atoms with Crippen LogP contribution in [0.3, 0.4) is 0 Å². The van der Waals surface area contributed by atoms with Crippen LogP contribution < -0.4 is 0 Å². The van der Waals surface area contributed by atoms with Crippen molar-refractivity contribution in [2.45, 2.75) is 6.42 Å². The molecule has 0 aliphatic heterocycles. The average molecular weight is 1170 g/mol. The van der Waals surface area contributed by atoms with E-state index in [0.29, 0.717) is 16.4 Å². The number of benzene rings is 12. The molecule has 20 rings (SSSR count). The molecule has 0 fully saturated rings. The average Bonchev–Trinajstić information content (AvgIpc) is 1.93. The largest absolute Gasteiger partial charge is 0.436 e. The highest BCUT2D eigenvalue weighted by molar-refractivity contribution is 7.27. The standard InChI is InChI=1S/C38H21N3OS.C20H11ClN2O.C19H12S/c1-2-11-25-22(8-1)16-19-32-35(25)36-38(42-32)40-29(21-39-36)23-9-7-10-24(20-23)41-30-14-5-3-13-28(30)34-31(41)18-17-27-26-12-4-6-15-33(26)43-37(27)34;21-14-6-3-5-13(10-14)16-11-22-19-18-15-7-2-1-4-12(15)8-9-17(18)24-20(19)23-16;1-2-6-14-12(5-1)11-13-9-10-16-15-7-3-4-8-17(15)20-19(16)18(13)14/h1-21H;1-11H;1-10H,11H2. The van der Waals surface area contributed by atoms with Crippen molar-refractivity contribution in [2.24, 2.45) is 0 Å². The number of hydrogen-bond donors (Lipinski definition) is 0. The number of hydrogen-bond acceptors (Lipinski definition) is 8. The van der Waals surface area contributed by atoms with Crippen LogP contribution in [0.4, 0.5) is 0 Å². The Kier molecular flexibility index (Phi) is 11.3. The summed E-state index contributed by atoms with van der Waals surface area (Å²) in [6, 6.07) is 84.9. The zero-order valence-electron chi connectivity index (χ0n) is 46.2. The normalized spacial score (nSPS) is 12.1. The van der Waals surface area contributed by atoms with Gasteiger partial charge in [-0.25, -0.2) is 19.9 Å². The summed E-state index contributed by atoms with van der Waals surface area (Å²) in [4.78, 5) is 19.1. The third-order valence-corrected chi connectivity index (χ3v) is 19.8. The molecule has 19 aromatic rings. The van der Waals surface area contributed by atoms with Gasteiger partial charge in [0.05, 0.1) is 45.6 Å². The van der Waals surface area contributed by atoms with Gasteiger partial charge in [0.15, 0.2) is 0 Å². The van der Waals surface area contributed by atoms with E-state index in [1.165, 1.54) is 84.4 Å². The molecule has 1 aliphatic rings. The van der Waals surface area contributed by atoms with Gasteiger partial charge in [0.2, 0.25) is 11.4 Å². The zero-order valence-corrected chi connectivity index (χ0v) is 48.6. The lowest BCUT2D eigenvalue weighted by Crippen LogP contribution is -1.95. The van der Waals surface area contributed by atoms with Gasteiger partial charge in [-0.05, 0) is 105 Å². The molecule has 0 saturated heterocycles. The van der Waals surface area contributed by atoms with Gasteiger partial charge in [-0.2, -0.15) is 0 Å². The maximum Gasteiger partial charge on any atom is 0.246 e. The number of nitrogens with zero attached hydrogens (tertiary/aromatic N) is 5. The Morgan fingerprint density at radius 3 is 1.63 bits per heavy atom. The lowest BCUT2D eigenvalue weighted by atomic mass is 10.0. The van der Waals surface area contributed by atoms with E-state index in [1.807, 2.05) is 83.5 Å². The summed E-state index contributed by atoms with van der Waals surface area (Å²) in [5.74, 6) is 0. The molecule has 7 nitrogen and oxygen atoms in total. The smallest absolute Gasteiger partial charge is 0.246 e. The number of aromatic nitrogens is 5. The van der Waals surface area contributed by atoms with Crippen LogP contribution in [0.2, 0.25) is 5.02 Å². The Morgan fingerprint density at radius 1 is 0.402 bits per heavy atom. The first-order chi connectivity index (χ1) is 43.0. The van der Waals surface area contributed by atoms with E-state index >= 15 is 0 Å². The van der Waals surface area contributed by atoms with E-state index in [1.54, 1.807) is 6.20 Å². The number of fused-ring (bicyclic) bond motifs is 24. The fraction of sp³-hybridized carbons (Fsp3) is 0.0130. The molecule has 0 unspecified atom stereocenters.